The molecule has 2 rings (SSSR count). The summed E-state index contributed by atoms with van der Waals surface area (Å²) in [6.45, 7) is 2.46. The van der Waals surface area contributed by atoms with Crippen molar-refractivity contribution in [3.63, 3.8) is 0 Å². The Balaban J connectivity index is 2.25. The molecule has 0 aliphatic heterocycles. The van der Waals surface area contributed by atoms with E-state index in [0.717, 1.165) is 12.8 Å². The number of rotatable bonds is 3. The molecule has 1 aromatic carbocycles. The molecule has 0 heterocycles. The SMILES string of the molecule is CC1C=C(CCO)C=C(c2ccccc2)C1. The van der Waals surface area contributed by atoms with Crippen LogP contribution >= 0.6 is 0 Å². The van der Waals surface area contributed by atoms with Crippen LogP contribution in [-0.4, -0.2) is 11.7 Å². The fraction of sp³-hybridized carbons (Fsp3) is 0.333. The maximum absolute atomic E-state index is 8.99. The number of aliphatic hydroxyl groups is 1. The summed E-state index contributed by atoms with van der Waals surface area (Å²) in [7, 11) is 0. The first-order chi connectivity index (χ1) is 7.79. The van der Waals surface area contributed by atoms with Gasteiger partial charge in [-0.2, -0.15) is 0 Å². The first kappa shape index (κ1) is 11.2. The van der Waals surface area contributed by atoms with E-state index in [-0.39, 0.29) is 6.61 Å². The third kappa shape index (κ3) is 2.61. The molecular formula is C15H18O. The topological polar surface area (TPSA) is 20.2 Å². The van der Waals surface area contributed by atoms with Crippen molar-refractivity contribution in [2.75, 3.05) is 6.61 Å². The summed E-state index contributed by atoms with van der Waals surface area (Å²) in [6, 6.07) is 10.5. The van der Waals surface area contributed by atoms with Crippen molar-refractivity contribution >= 4 is 5.57 Å². The highest BCUT2D eigenvalue weighted by Gasteiger charge is 2.12. The van der Waals surface area contributed by atoms with Crippen molar-refractivity contribution in [3.05, 3.63) is 53.6 Å². The Morgan fingerprint density at radius 2 is 2.00 bits per heavy atom. The van der Waals surface area contributed by atoms with Gasteiger partial charge in [0.05, 0.1) is 0 Å². The van der Waals surface area contributed by atoms with Gasteiger partial charge in [0, 0.05) is 6.61 Å². The third-order valence-electron chi connectivity index (χ3n) is 2.95. The van der Waals surface area contributed by atoms with Gasteiger partial charge in [-0.25, -0.2) is 0 Å². The monoisotopic (exact) mass is 214 g/mol. The lowest BCUT2D eigenvalue weighted by Crippen LogP contribution is -2.02. The molecule has 0 amide bonds. The average Bonchev–Trinajstić information content (AvgIpc) is 2.30. The quantitative estimate of drug-likeness (QED) is 0.817. The summed E-state index contributed by atoms with van der Waals surface area (Å²) in [5.74, 6) is 0.571. The first-order valence-electron chi connectivity index (χ1n) is 5.87. The Bertz CT molecular complexity index is 401. The molecule has 1 unspecified atom stereocenters. The van der Waals surface area contributed by atoms with Crippen LogP contribution in [0.15, 0.2) is 48.1 Å². The molecule has 1 N–H and O–H groups in total. The number of aliphatic hydroxyl groups excluding tert-OH is 1. The van der Waals surface area contributed by atoms with Crippen molar-refractivity contribution in [3.8, 4) is 0 Å². The van der Waals surface area contributed by atoms with Crippen molar-refractivity contribution in [1.82, 2.24) is 0 Å². The standard InChI is InChI=1S/C15H18O/c1-12-9-13(7-8-16)11-15(10-12)14-5-3-2-4-6-14/h2-6,9,11-12,16H,7-8,10H2,1H3. The maximum Gasteiger partial charge on any atom is 0.0471 e. The normalized spacial score (nSPS) is 20.2. The molecule has 0 aromatic heterocycles. The smallest absolute Gasteiger partial charge is 0.0471 e. The van der Waals surface area contributed by atoms with E-state index in [1.54, 1.807) is 0 Å². The number of benzene rings is 1. The van der Waals surface area contributed by atoms with Crippen LogP contribution in [0, 0.1) is 5.92 Å². The average molecular weight is 214 g/mol. The van der Waals surface area contributed by atoms with Crippen molar-refractivity contribution in [1.29, 1.82) is 0 Å². The molecule has 0 saturated carbocycles. The van der Waals surface area contributed by atoms with Gasteiger partial charge in [0.1, 0.15) is 0 Å². The van der Waals surface area contributed by atoms with E-state index < -0.39 is 0 Å². The molecule has 0 radical (unpaired) electrons. The molecule has 84 valence electrons. The Morgan fingerprint density at radius 3 is 2.69 bits per heavy atom. The van der Waals surface area contributed by atoms with Crippen molar-refractivity contribution in [2.24, 2.45) is 5.92 Å². The molecule has 1 aliphatic carbocycles. The molecule has 0 bridgehead atoms. The predicted octanol–water partition coefficient (Wildman–Crippen LogP) is 3.42. The second-order valence-corrected chi connectivity index (χ2v) is 4.43. The summed E-state index contributed by atoms with van der Waals surface area (Å²) >= 11 is 0. The number of allylic oxidation sites excluding steroid dienone is 3. The van der Waals surface area contributed by atoms with E-state index >= 15 is 0 Å². The molecular weight excluding hydrogens is 196 g/mol. The minimum atomic E-state index is 0.233. The van der Waals surface area contributed by atoms with E-state index in [0.29, 0.717) is 5.92 Å². The van der Waals surface area contributed by atoms with Crippen LogP contribution in [-0.2, 0) is 0 Å². The van der Waals surface area contributed by atoms with Gasteiger partial charge in [-0.15, -0.1) is 0 Å². The highest BCUT2D eigenvalue weighted by Crippen LogP contribution is 2.30. The van der Waals surface area contributed by atoms with Crippen molar-refractivity contribution in [2.45, 2.75) is 19.8 Å². The molecule has 0 fully saturated rings. The second kappa shape index (κ2) is 5.13. The summed E-state index contributed by atoms with van der Waals surface area (Å²) in [4.78, 5) is 0. The summed E-state index contributed by atoms with van der Waals surface area (Å²) in [6.07, 6.45) is 6.35. The summed E-state index contributed by atoms with van der Waals surface area (Å²) in [5.41, 5.74) is 3.96. The van der Waals surface area contributed by atoms with Crippen LogP contribution in [0.2, 0.25) is 0 Å². The molecule has 1 atom stereocenters. The summed E-state index contributed by atoms with van der Waals surface area (Å²) < 4.78 is 0. The van der Waals surface area contributed by atoms with Crippen LogP contribution in [0.4, 0.5) is 0 Å². The van der Waals surface area contributed by atoms with Crippen LogP contribution in [0.25, 0.3) is 5.57 Å². The minimum absolute atomic E-state index is 0.233. The van der Waals surface area contributed by atoms with Gasteiger partial charge in [0.15, 0.2) is 0 Å². The maximum atomic E-state index is 8.99. The Morgan fingerprint density at radius 1 is 1.25 bits per heavy atom. The Labute approximate surface area is 97.1 Å². The van der Waals surface area contributed by atoms with E-state index in [1.807, 2.05) is 6.07 Å². The van der Waals surface area contributed by atoms with Crippen molar-refractivity contribution < 1.29 is 5.11 Å². The highest BCUT2D eigenvalue weighted by atomic mass is 16.2. The second-order valence-electron chi connectivity index (χ2n) is 4.43. The van der Waals surface area contributed by atoms with Gasteiger partial charge in [-0.05, 0) is 35.5 Å². The minimum Gasteiger partial charge on any atom is -0.396 e. The molecule has 1 aliphatic rings. The fourth-order valence-electron chi connectivity index (χ4n) is 2.24. The lowest BCUT2D eigenvalue weighted by Gasteiger charge is -2.19. The molecule has 1 aromatic rings. The van der Waals surface area contributed by atoms with Crippen LogP contribution in [0.3, 0.4) is 0 Å². The third-order valence-corrected chi connectivity index (χ3v) is 2.95. The zero-order chi connectivity index (χ0) is 11.4. The number of hydrogen-bond donors (Lipinski definition) is 1. The lowest BCUT2D eigenvalue weighted by atomic mass is 9.87. The molecule has 0 spiro atoms. The van der Waals surface area contributed by atoms with E-state index in [9.17, 15) is 0 Å². The van der Waals surface area contributed by atoms with Gasteiger partial charge >= 0.3 is 0 Å². The first-order valence-corrected chi connectivity index (χ1v) is 5.87. The van der Waals surface area contributed by atoms with Gasteiger partial charge in [-0.1, -0.05) is 49.4 Å². The largest absolute Gasteiger partial charge is 0.396 e. The van der Waals surface area contributed by atoms with Crippen LogP contribution < -0.4 is 0 Å². The Kier molecular flexibility index (Phi) is 3.58. The molecule has 1 heteroatoms. The highest BCUT2D eigenvalue weighted by molar-refractivity contribution is 5.69. The van der Waals surface area contributed by atoms with E-state index in [2.05, 4.69) is 43.3 Å². The predicted molar refractivity (Wildman–Crippen MR) is 68.0 cm³/mol. The van der Waals surface area contributed by atoms with Gasteiger partial charge < -0.3 is 5.11 Å². The Hall–Kier alpha value is -1.34. The zero-order valence-electron chi connectivity index (χ0n) is 9.69. The lowest BCUT2D eigenvalue weighted by molar-refractivity contribution is 0.300. The molecule has 1 nitrogen and oxygen atoms in total. The van der Waals surface area contributed by atoms with Crippen LogP contribution in [0.1, 0.15) is 25.3 Å². The zero-order valence-corrected chi connectivity index (χ0v) is 9.69. The van der Waals surface area contributed by atoms with E-state index in [4.69, 9.17) is 5.11 Å². The molecule has 0 saturated heterocycles. The van der Waals surface area contributed by atoms with Crippen LogP contribution in [0.5, 0.6) is 0 Å². The van der Waals surface area contributed by atoms with E-state index in [1.165, 1.54) is 16.7 Å². The molecule has 16 heavy (non-hydrogen) atoms. The summed E-state index contributed by atoms with van der Waals surface area (Å²) in [5, 5.41) is 8.99. The van der Waals surface area contributed by atoms with Gasteiger partial charge in [-0.3, -0.25) is 0 Å². The van der Waals surface area contributed by atoms with Gasteiger partial charge in [0.25, 0.3) is 0 Å². The number of hydrogen-bond acceptors (Lipinski definition) is 1. The fourth-order valence-corrected chi connectivity index (χ4v) is 2.24. The van der Waals surface area contributed by atoms with Gasteiger partial charge in [0.2, 0.25) is 0 Å².